The molecule has 6 heteroatoms. The van der Waals surface area contributed by atoms with Crippen molar-refractivity contribution in [1.29, 1.82) is 0 Å². The van der Waals surface area contributed by atoms with Gasteiger partial charge in [0.2, 0.25) is 0 Å². The second kappa shape index (κ2) is 6.02. The molecule has 5 nitrogen and oxygen atoms in total. The van der Waals surface area contributed by atoms with Gasteiger partial charge in [0.05, 0.1) is 12.6 Å². The van der Waals surface area contributed by atoms with Gasteiger partial charge in [-0.1, -0.05) is 0 Å². The number of nitrogens with zero attached hydrogens (tertiary/aromatic N) is 1. The molecule has 2 aliphatic heterocycles. The first-order valence-corrected chi connectivity index (χ1v) is 7.74. The quantitative estimate of drug-likeness (QED) is 0.932. The minimum atomic E-state index is -0.379. The fraction of sp³-hybridized carbons (Fsp3) is 0.562. The molecule has 0 spiro atoms. The second-order valence-corrected chi connectivity index (χ2v) is 5.80. The molecule has 1 aromatic rings. The van der Waals surface area contributed by atoms with Crippen LogP contribution in [0, 0.1) is 5.82 Å². The Kier molecular flexibility index (Phi) is 4.09. The monoisotopic (exact) mass is 308 g/mol. The summed E-state index contributed by atoms with van der Waals surface area (Å²) in [6.07, 6.45) is 1.19. The zero-order chi connectivity index (χ0) is 15.7. The number of rotatable bonds is 3. The number of amides is 1. The van der Waals surface area contributed by atoms with E-state index in [4.69, 9.17) is 9.47 Å². The maximum absolute atomic E-state index is 13.8. The van der Waals surface area contributed by atoms with E-state index in [2.05, 4.69) is 10.2 Å². The van der Waals surface area contributed by atoms with Gasteiger partial charge < -0.3 is 19.7 Å². The maximum atomic E-state index is 13.8. The van der Waals surface area contributed by atoms with E-state index >= 15 is 0 Å². The minimum absolute atomic E-state index is 0.00158. The van der Waals surface area contributed by atoms with Gasteiger partial charge in [-0.05, 0) is 32.4 Å². The molecular formula is C16H21FN2O3. The smallest absolute Gasteiger partial charge is 0.407 e. The molecule has 1 fully saturated rings. The van der Waals surface area contributed by atoms with E-state index in [0.717, 1.165) is 30.6 Å². The first-order chi connectivity index (χ1) is 10.6. The molecule has 0 aromatic heterocycles. The van der Waals surface area contributed by atoms with Crippen molar-refractivity contribution in [3.05, 3.63) is 23.5 Å². The van der Waals surface area contributed by atoms with Gasteiger partial charge in [-0.2, -0.15) is 0 Å². The van der Waals surface area contributed by atoms with Crippen molar-refractivity contribution in [2.24, 2.45) is 0 Å². The minimum Gasteiger partial charge on any atom is -0.487 e. The zero-order valence-electron chi connectivity index (χ0n) is 12.9. The largest absolute Gasteiger partial charge is 0.487 e. The summed E-state index contributed by atoms with van der Waals surface area (Å²) in [5.41, 5.74) is 1.94. The number of halogens is 1. The Morgan fingerprint density at radius 3 is 3.14 bits per heavy atom. The van der Waals surface area contributed by atoms with Crippen molar-refractivity contribution >= 4 is 11.8 Å². The number of ether oxygens (including phenoxy) is 2. The molecule has 2 unspecified atom stereocenters. The lowest BCUT2D eigenvalue weighted by Gasteiger charge is -2.21. The number of benzene rings is 1. The lowest BCUT2D eigenvalue weighted by molar-refractivity contribution is 0.149. The zero-order valence-corrected chi connectivity index (χ0v) is 12.9. The third-order valence-electron chi connectivity index (χ3n) is 4.12. The number of fused-ring (bicyclic) bond motifs is 1. The summed E-state index contributed by atoms with van der Waals surface area (Å²) in [7, 11) is 0. The molecule has 1 amide bonds. The highest BCUT2D eigenvalue weighted by atomic mass is 19.1. The van der Waals surface area contributed by atoms with Crippen LogP contribution in [0.5, 0.6) is 5.75 Å². The van der Waals surface area contributed by atoms with Gasteiger partial charge in [0, 0.05) is 30.8 Å². The number of hydrogen-bond acceptors (Lipinski definition) is 4. The van der Waals surface area contributed by atoms with Gasteiger partial charge in [0.15, 0.2) is 11.6 Å². The summed E-state index contributed by atoms with van der Waals surface area (Å²) >= 11 is 0. The van der Waals surface area contributed by atoms with E-state index in [9.17, 15) is 9.18 Å². The van der Waals surface area contributed by atoms with E-state index < -0.39 is 0 Å². The van der Waals surface area contributed by atoms with Crippen LogP contribution in [-0.4, -0.2) is 37.9 Å². The van der Waals surface area contributed by atoms with Gasteiger partial charge in [-0.15, -0.1) is 0 Å². The summed E-state index contributed by atoms with van der Waals surface area (Å²) < 4.78 is 24.3. The average molecular weight is 308 g/mol. The van der Waals surface area contributed by atoms with Crippen LogP contribution in [0.25, 0.3) is 0 Å². The van der Waals surface area contributed by atoms with Gasteiger partial charge >= 0.3 is 6.09 Å². The Morgan fingerprint density at radius 2 is 2.36 bits per heavy atom. The first-order valence-electron chi connectivity index (χ1n) is 7.74. The van der Waals surface area contributed by atoms with E-state index in [1.54, 1.807) is 6.92 Å². The van der Waals surface area contributed by atoms with Crippen LogP contribution in [0.15, 0.2) is 12.1 Å². The number of hydrogen-bond donors (Lipinski definition) is 1. The molecular weight excluding hydrogens is 287 g/mol. The summed E-state index contributed by atoms with van der Waals surface area (Å²) in [4.78, 5) is 13.7. The van der Waals surface area contributed by atoms with Gasteiger partial charge in [0.1, 0.15) is 6.10 Å². The van der Waals surface area contributed by atoms with Crippen LogP contribution in [0.4, 0.5) is 14.9 Å². The third-order valence-corrected chi connectivity index (χ3v) is 4.12. The second-order valence-electron chi connectivity index (χ2n) is 5.80. The maximum Gasteiger partial charge on any atom is 0.407 e. The number of anilines is 1. The van der Waals surface area contributed by atoms with E-state index in [-0.39, 0.29) is 24.1 Å². The summed E-state index contributed by atoms with van der Waals surface area (Å²) in [5.74, 6) is 0.0790. The van der Waals surface area contributed by atoms with Crippen molar-refractivity contribution in [2.75, 3.05) is 24.6 Å². The predicted molar refractivity (Wildman–Crippen MR) is 81.0 cm³/mol. The van der Waals surface area contributed by atoms with Crippen molar-refractivity contribution in [3.63, 3.8) is 0 Å². The number of nitrogens with one attached hydrogen (secondary N) is 1. The standard InChI is InChI=1S/C16H21FN2O3/c1-3-21-16(20)18-11-6-7-19(9-11)14-5-4-13(17)15-12(14)8-10(2)22-15/h4-5,10-11H,3,6-9H2,1-2H3,(H,18,20). The number of carbonyl (C=O) groups is 1. The molecule has 3 rings (SSSR count). The van der Waals surface area contributed by atoms with Crippen molar-refractivity contribution in [2.45, 2.75) is 38.8 Å². The SMILES string of the molecule is CCOC(=O)NC1CCN(c2ccc(F)c3c2CC(C)O3)C1. The van der Waals surface area contributed by atoms with Crippen LogP contribution in [-0.2, 0) is 11.2 Å². The van der Waals surface area contributed by atoms with Gasteiger partial charge in [0.25, 0.3) is 0 Å². The molecule has 1 saturated heterocycles. The molecule has 1 N–H and O–H groups in total. The van der Waals surface area contributed by atoms with Crippen molar-refractivity contribution in [1.82, 2.24) is 5.32 Å². The Labute approximate surface area is 129 Å². The molecule has 2 atom stereocenters. The molecule has 0 saturated carbocycles. The van der Waals surface area contributed by atoms with Crippen LogP contribution >= 0.6 is 0 Å². The highest BCUT2D eigenvalue weighted by molar-refractivity contribution is 5.68. The van der Waals surface area contributed by atoms with E-state index in [1.165, 1.54) is 6.07 Å². The van der Waals surface area contributed by atoms with Crippen LogP contribution in [0.3, 0.4) is 0 Å². The number of alkyl carbamates (subject to hydrolysis) is 1. The van der Waals surface area contributed by atoms with Crippen LogP contribution in [0.1, 0.15) is 25.8 Å². The lowest BCUT2D eigenvalue weighted by atomic mass is 10.1. The summed E-state index contributed by atoms with van der Waals surface area (Å²) in [6.45, 7) is 5.61. The molecule has 1 aromatic carbocycles. The van der Waals surface area contributed by atoms with Gasteiger partial charge in [-0.3, -0.25) is 0 Å². The van der Waals surface area contributed by atoms with Crippen LogP contribution in [0.2, 0.25) is 0 Å². The van der Waals surface area contributed by atoms with Crippen molar-refractivity contribution < 1.29 is 18.7 Å². The van der Waals surface area contributed by atoms with E-state index in [0.29, 0.717) is 18.9 Å². The number of carbonyl (C=O) groups excluding carboxylic acids is 1. The van der Waals surface area contributed by atoms with Crippen molar-refractivity contribution in [3.8, 4) is 5.75 Å². The summed E-state index contributed by atoms with van der Waals surface area (Å²) in [5, 5.41) is 2.86. The molecule has 22 heavy (non-hydrogen) atoms. The fourth-order valence-corrected chi connectivity index (χ4v) is 3.18. The molecule has 0 bridgehead atoms. The Morgan fingerprint density at radius 1 is 1.55 bits per heavy atom. The highest BCUT2D eigenvalue weighted by Crippen LogP contribution is 2.39. The first kappa shape index (κ1) is 14.9. The molecule has 0 radical (unpaired) electrons. The summed E-state index contributed by atoms with van der Waals surface area (Å²) in [6, 6.07) is 3.32. The van der Waals surface area contributed by atoms with Gasteiger partial charge in [-0.25, -0.2) is 9.18 Å². The van der Waals surface area contributed by atoms with E-state index in [1.807, 2.05) is 13.0 Å². The molecule has 2 heterocycles. The van der Waals surface area contributed by atoms with Crippen LogP contribution < -0.4 is 15.0 Å². The molecule has 120 valence electrons. The Hall–Kier alpha value is -1.98. The fourth-order valence-electron chi connectivity index (χ4n) is 3.18. The molecule has 0 aliphatic carbocycles. The Bertz CT molecular complexity index is 579. The molecule has 2 aliphatic rings. The predicted octanol–water partition coefficient (Wildman–Crippen LogP) is 2.47. The lowest BCUT2D eigenvalue weighted by Crippen LogP contribution is -2.37. The average Bonchev–Trinajstić information content (AvgIpc) is 3.06. The Balaban J connectivity index is 1.72. The topological polar surface area (TPSA) is 50.8 Å². The highest BCUT2D eigenvalue weighted by Gasteiger charge is 2.31. The normalized spacial score (nSPS) is 23.1. The third kappa shape index (κ3) is 2.82.